The third-order valence-electron chi connectivity index (χ3n) is 5.20. The lowest BCUT2D eigenvalue weighted by molar-refractivity contribution is 0.0746. The van der Waals surface area contributed by atoms with E-state index in [2.05, 4.69) is 42.6 Å². The zero-order valence-corrected chi connectivity index (χ0v) is 14.7. The van der Waals surface area contributed by atoms with Gasteiger partial charge in [0.1, 0.15) is 12.1 Å². The van der Waals surface area contributed by atoms with Crippen LogP contribution in [0.4, 0.5) is 10.6 Å². The van der Waals surface area contributed by atoms with Crippen LogP contribution in [0.1, 0.15) is 57.4 Å². The Hall–Kier alpha value is -1.89. The van der Waals surface area contributed by atoms with Crippen molar-refractivity contribution in [2.45, 2.75) is 52.2 Å². The Balaban J connectivity index is 1.94. The van der Waals surface area contributed by atoms with Gasteiger partial charge < -0.3 is 20.0 Å². The zero-order chi connectivity index (χ0) is 17.6. The second-order valence-corrected chi connectivity index (χ2v) is 7.95. The fourth-order valence-corrected chi connectivity index (χ4v) is 3.90. The first-order chi connectivity index (χ1) is 11.2. The van der Waals surface area contributed by atoms with E-state index in [4.69, 9.17) is 0 Å². The van der Waals surface area contributed by atoms with Gasteiger partial charge in [-0.15, -0.1) is 0 Å². The van der Waals surface area contributed by atoms with Gasteiger partial charge >= 0.3 is 6.09 Å². The monoisotopic (exact) mass is 334 g/mol. The van der Waals surface area contributed by atoms with Gasteiger partial charge in [0.05, 0.1) is 17.8 Å². The minimum atomic E-state index is -0.869. The highest BCUT2D eigenvalue weighted by Gasteiger charge is 2.40. The molecule has 1 aromatic rings. The highest BCUT2D eigenvalue weighted by molar-refractivity contribution is 5.66. The Morgan fingerprint density at radius 1 is 1.29 bits per heavy atom. The molecular formula is C17H26N4O3. The number of rotatable bonds is 1. The number of carbonyl (C=O) groups is 1. The minimum Gasteiger partial charge on any atom is -0.465 e. The van der Waals surface area contributed by atoms with Gasteiger partial charge in [0.15, 0.2) is 0 Å². The molecule has 132 valence electrons. The van der Waals surface area contributed by atoms with Crippen molar-refractivity contribution in [2.75, 3.05) is 24.5 Å². The molecule has 2 aliphatic rings. The Morgan fingerprint density at radius 2 is 2.00 bits per heavy atom. The number of aliphatic hydroxyl groups excluding tert-OH is 1. The van der Waals surface area contributed by atoms with Crippen molar-refractivity contribution in [2.24, 2.45) is 5.41 Å². The summed E-state index contributed by atoms with van der Waals surface area (Å²) < 4.78 is 0. The molecule has 3 atom stereocenters. The van der Waals surface area contributed by atoms with E-state index in [0.717, 1.165) is 17.1 Å². The Kier molecular flexibility index (Phi) is 4.15. The molecule has 2 heterocycles. The van der Waals surface area contributed by atoms with Crippen molar-refractivity contribution < 1.29 is 15.0 Å². The van der Waals surface area contributed by atoms with Gasteiger partial charge in [-0.2, -0.15) is 0 Å². The van der Waals surface area contributed by atoms with E-state index in [0.29, 0.717) is 26.1 Å². The Morgan fingerprint density at radius 3 is 2.62 bits per heavy atom. The Bertz CT molecular complexity index is 643. The van der Waals surface area contributed by atoms with Crippen LogP contribution in [0.5, 0.6) is 0 Å². The number of amides is 1. The normalized spacial score (nSPS) is 27.3. The predicted octanol–water partition coefficient (Wildman–Crippen LogP) is 2.23. The molecule has 0 radical (unpaired) electrons. The molecule has 2 N–H and O–H groups in total. The molecule has 1 fully saturated rings. The molecule has 1 aliphatic heterocycles. The van der Waals surface area contributed by atoms with Crippen LogP contribution < -0.4 is 4.90 Å². The average Bonchev–Trinajstić information content (AvgIpc) is 2.81. The van der Waals surface area contributed by atoms with Crippen LogP contribution in [0.3, 0.4) is 0 Å². The van der Waals surface area contributed by atoms with E-state index in [-0.39, 0.29) is 17.4 Å². The van der Waals surface area contributed by atoms with E-state index in [1.807, 2.05) is 0 Å². The highest BCUT2D eigenvalue weighted by Crippen LogP contribution is 2.43. The van der Waals surface area contributed by atoms with Crippen molar-refractivity contribution in [3.8, 4) is 0 Å². The van der Waals surface area contributed by atoms with Crippen LogP contribution in [0.2, 0.25) is 0 Å². The van der Waals surface area contributed by atoms with E-state index >= 15 is 0 Å². The molecule has 24 heavy (non-hydrogen) atoms. The summed E-state index contributed by atoms with van der Waals surface area (Å²) in [4.78, 5) is 24.0. The molecule has 1 aliphatic carbocycles. The second-order valence-electron chi connectivity index (χ2n) is 7.95. The highest BCUT2D eigenvalue weighted by atomic mass is 16.4. The van der Waals surface area contributed by atoms with Crippen molar-refractivity contribution in [1.82, 2.24) is 14.9 Å². The summed E-state index contributed by atoms with van der Waals surface area (Å²) in [7, 11) is 0. The fourth-order valence-electron chi connectivity index (χ4n) is 3.90. The maximum atomic E-state index is 11.6. The molecule has 1 amide bonds. The molecule has 0 bridgehead atoms. The zero-order valence-electron chi connectivity index (χ0n) is 14.7. The maximum Gasteiger partial charge on any atom is 0.407 e. The topological polar surface area (TPSA) is 89.8 Å². The molecule has 0 spiro atoms. The summed E-state index contributed by atoms with van der Waals surface area (Å²) in [5.41, 5.74) is 1.57. The molecule has 7 heteroatoms. The van der Waals surface area contributed by atoms with Gasteiger partial charge in [0.25, 0.3) is 0 Å². The predicted molar refractivity (Wildman–Crippen MR) is 90.2 cm³/mol. The lowest BCUT2D eigenvalue weighted by atomic mass is 9.84. The summed E-state index contributed by atoms with van der Waals surface area (Å²) in [6.45, 7) is 9.92. The minimum absolute atomic E-state index is 0.115. The standard InChI is InChI=1S/C17H26N4O3/c1-10-7-11(22)14-13(10)15(19-9-18-14)20-5-6-21(16(23)24)12(8-20)17(2,3)4/h9-12,22H,5-8H2,1-4H3,(H,23,24)/t10-,11?,12?/m1/s1. The second kappa shape index (κ2) is 5.88. The summed E-state index contributed by atoms with van der Waals surface area (Å²) in [5.74, 6) is 1.06. The van der Waals surface area contributed by atoms with E-state index in [1.54, 1.807) is 0 Å². The molecule has 0 aromatic carbocycles. The number of fused-ring (bicyclic) bond motifs is 1. The van der Waals surface area contributed by atoms with Gasteiger partial charge in [-0.05, 0) is 17.8 Å². The molecule has 1 aromatic heterocycles. The number of aliphatic hydroxyl groups is 1. The van der Waals surface area contributed by atoms with Gasteiger partial charge in [-0.3, -0.25) is 0 Å². The van der Waals surface area contributed by atoms with Crippen LogP contribution in [0, 0.1) is 5.41 Å². The summed E-state index contributed by atoms with van der Waals surface area (Å²) in [6, 6.07) is -0.115. The Labute approximate surface area is 142 Å². The molecule has 0 saturated carbocycles. The lowest BCUT2D eigenvalue weighted by Crippen LogP contribution is -2.59. The van der Waals surface area contributed by atoms with Crippen molar-refractivity contribution in [3.63, 3.8) is 0 Å². The molecule has 7 nitrogen and oxygen atoms in total. The maximum absolute atomic E-state index is 11.6. The number of anilines is 1. The SMILES string of the molecule is C[C@@H]1CC(O)c2ncnc(N3CCN(C(=O)O)C(C(C)(C)C)C3)c21. The molecule has 3 rings (SSSR count). The third-order valence-corrected chi connectivity index (χ3v) is 5.20. The first-order valence-corrected chi connectivity index (χ1v) is 8.47. The molecule has 2 unspecified atom stereocenters. The number of nitrogens with zero attached hydrogens (tertiary/aromatic N) is 4. The van der Waals surface area contributed by atoms with Crippen LogP contribution in [0.25, 0.3) is 0 Å². The van der Waals surface area contributed by atoms with E-state index in [1.165, 1.54) is 11.2 Å². The lowest BCUT2D eigenvalue weighted by Gasteiger charge is -2.46. The first-order valence-electron chi connectivity index (χ1n) is 8.47. The largest absolute Gasteiger partial charge is 0.465 e. The van der Waals surface area contributed by atoms with E-state index < -0.39 is 12.2 Å². The van der Waals surface area contributed by atoms with Gasteiger partial charge in [0, 0.05) is 25.2 Å². The number of hydrogen-bond donors (Lipinski definition) is 2. The first kappa shape index (κ1) is 17.0. The summed E-state index contributed by atoms with van der Waals surface area (Å²) in [6.07, 6.45) is 0.769. The third kappa shape index (κ3) is 2.81. The fraction of sp³-hybridized carbons (Fsp3) is 0.706. The van der Waals surface area contributed by atoms with Crippen molar-refractivity contribution in [1.29, 1.82) is 0 Å². The average molecular weight is 334 g/mol. The van der Waals surface area contributed by atoms with Crippen LogP contribution in [0.15, 0.2) is 6.33 Å². The van der Waals surface area contributed by atoms with Gasteiger partial charge in [0.2, 0.25) is 0 Å². The summed E-state index contributed by atoms with van der Waals surface area (Å²) in [5, 5.41) is 19.7. The number of aromatic nitrogens is 2. The number of piperazine rings is 1. The quantitative estimate of drug-likeness (QED) is 0.818. The number of carboxylic acid groups (broad SMARTS) is 1. The smallest absolute Gasteiger partial charge is 0.407 e. The van der Waals surface area contributed by atoms with Crippen molar-refractivity contribution >= 4 is 11.9 Å². The van der Waals surface area contributed by atoms with Gasteiger partial charge in [-0.25, -0.2) is 14.8 Å². The molecule has 1 saturated heterocycles. The van der Waals surface area contributed by atoms with Gasteiger partial charge in [-0.1, -0.05) is 27.7 Å². The van der Waals surface area contributed by atoms with Crippen molar-refractivity contribution in [3.05, 3.63) is 17.6 Å². The van der Waals surface area contributed by atoms with Crippen LogP contribution in [-0.2, 0) is 0 Å². The summed E-state index contributed by atoms with van der Waals surface area (Å²) >= 11 is 0. The number of hydrogen-bond acceptors (Lipinski definition) is 5. The molecular weight excluding hydrogens is 308 g/mol. The van der Waals surface area contributed by atoms with E-state index in [9.17, 15) is 15.0 Å². The van der Waals surface area contributed by atoms with Crippen LogP contribution >= 0.6 is 0 Å². The van der Waals surface area contributed by atoms with Crippen LogP contribution in [-0.4, -0.2) is 56.9 Å².